The number of aliphatic carboxylic acids is 1. The Bertz CT molecular complexity index is 396. The van der Waals surface area contributed by atoms with Crippen LogP contribution in [0.3, 0.4) is 0 Å². The molecule has 0 aromatic heterocycles. The van der Waals surface area contributed by atoms with E-state index in [1.54, 1.807) is 7.11 Å². The largest absolute Gasteiger partial charge is 0.496 e. The molecule has 0 radical (unpaired) electrons. The Morgan fingerprint density at radius 2 is 2.11 bits per heavy atom. The number of rotatable bonds is 7. The molecule has 4 nitrogen and oxygen atoms in total. The van der Waals surface area contributed by atoms with Gasteiger partial charge in [0.05, 0.1) is 7.11 Å². The van der Waals surface area contributed by atoms with Crippen LogP contribution in [-0.2, 0) is 4.79 Å². The summed E-state index contributed by atoms with van der Waals surface area (Å²) >= 11 is 1.48. The minimum absolute atomic E-state index is 0.143. The lowest BCUT2D eigenvalue weighted by Gasteiger charge is -2.17. The van der Waals surface area contributed by atoms with E-state index in [9.17, 15) is 4.79 Å². The number of ether oxygens (including phenoxy) is 1. The Morgan fingerprint density at radius 1 is 1.44 bits per heavy atom. The molecule has 1 atom stereocenters. The van der Waals surface area contributed by atoms with Gasteiger partial charge in [0.25, 0.3) is 0 Å². The van der Waals surface area contributed by atoms with Crippen LogP contribution in [0.25, 0.3) is 0 Å². The zero-order valence-corrected chi connectivity index (χ0v) is 11.7. The van der Waals surface area contributed by atoms with E-state index in [-0.39, 0.29) is 6.04 Å². The summed E-state index contributed by atoms with van der Waals surface area (Å²) in [7, 11) is 1.61. The highest BCUT2D eigenvalue weighted by Gasteiger charge is 2.18. The second-order valence-corrected chi connectivity index (χ2v) is 5.24. The van der Waals surface area contributed by atoms with Crippen molar-refractivity contribution in [1.29, 1.82) is 0 Å². The molecule has 0 saturated carbocycles. The molecule has 0 aliphatic heterocycles. The third-order valence-corrected chi connectivity index (χ3v) is 3.46. The molecule has 18 heavy (non-hydrogen) atoms. The maximum Gasteiger partial charge on any atom is 0.321 e. The predicted octanol–water partition coefficient (Wildman–Crippen LogP) is 2.24. The summed E-state index contributed by atoms with van der Waals surface area (Å²) in [6.45, 7) is 3.87. The lowest BCUT2D eigenvalue weighted by atomic mass is 10.3. The Hall–Kier alpha value is -1.20. The normalized spacial score (nSPS) is 12.4. The molecule has 0 aliphatic rings. The number of hydrogen-bond donors (Lipinski definition) is 2. The fourth-order valence-electron chi connectivity index (χ4n) is 1.50. The molecule has 1 aromatic rings. The number of methoxy groups -OCH3 is 1. The van der Waals surface area contributed by atoms with Crippen molar-refractivity contribution in [3.8, 4) is 5.75 Å². The van der Waals surface area contributed by atoms with E-state index in [2.05, 4.69) is 5.32 Å². The minimum atomic E-state index is -0.828. The topological polar surface area (TPSA) is 58.6 Å². The van der Waals surface area contributed by atoms with Gasteiger partial charge in [0, 0.05) is 16.7 Å². The number of nitrogens with one attached hydrogen (secondary N) is 1. The molecule has 5 heteroatoms. The van der Waals surface area contributed by atoms with Crippen molar-refractivity contribution in [2.24, 2.45) is 0 Å². The van der Waals surface area contributed by atoms with Gasteiger partial charge >= 0.3 is 5.97 Å². The average molecular weight is 269 g/mol. The van der Waals surface area contributed by atoms with Crippen LogP contribution in [0, 0.1) is 0 Å². The Labute approximate surface area is 112 Å². The molecule has 1 unspecified atom stereocenters. The number of carbonyl (C=O) groups is 1. The Balaban J connectivity index is 2.64. The van der Waals surface area contributed by atoms with E-state index in [4.69, 9.17) is 9.84 Å². The van der Waals surface area contributed by atoms with Crippen LogP contribution in [0.4, 0.5) is 0 Å². The van der Waals surface area contributed by atoms with Crippen molar-refractivity contribution in [2.75, 3.05) is 12.9 Å². The molecule has 0 amide bonds. The third kappa shape index (κ3) is 4.58. The summed E-state index contributed by atoms with van der Waals surface area (Å²) in [6.07, 6.45) is 0. The highest BCUT2D eigenvalue weighted by molar-refractivity contribution is 7.99. The second kappa shape index (κ2) is 7.28. The fraction of sp³-hybridized carbons (Fsp3) is 0.462. The lowest BCUT2D eigenvalue weighted by Crippen LogP contribution is -2.42. The van der Waals surface area contributed by atoms with E-state index in [0.29, 0.717) is 5.75 Å². The zero-order valence-electron chi connectivity index (χ0n) is 10.8. The SMILES string of the molecule is COc1ccccc1SCC(NC(C)C)C(=O)O. The molecule has 2 N–H and O–H groups in total. The van der Waals surface area contributed by atoms with Crippen LogP contribution in [0.5, 0.6) is 5.75 Å². The van der Waals surface area contributed by atoms with E-state index in [1.807, 2.05) is 38.1 Å². The van der Waals surface area contributed by atoms with E-state index in [0.717, 1.165) is 10.6 Å². The number of para-hydroxylation sites is 1. The summed E-state index contributed by atoms with van der Waals surface area (Å²) in [5.74, 6) is 0.413. The molecule has 1 aromatic carbocycles. The summed E-state index contributed by atoms with van der Waals surface area (Å²) < 4.78 is 5.23. The smallest absolute Gasteiger partial charge is 0.321 e. The monoisotopic (exact) mass is 269 g/mol. The van der Waals surface area contributed by atoms with Crippen molar-refractivity contribution < 1.29 is 14.6 Å². The molecule has 0 fully saturated rings. The second-order valence-electron chi connectivity index (χ2n) is 4.17. The van der Waals surface area contributed by atoms with E-state index < -0.39 is 12.0 Å². The van der Waals surface area contributed by atoms with Gasteiger partial charge in [-0.25, -0.2) is 0 Å². The highest BCUT2D eigenvalue weighted by Crippen LogP contribution is 2.29. The van der Waals surface area contributed by atoms with Gasteiger partial charge in [-0.1, -0.05) is 26.0 Å². The summed E-state index contributed by atoms with van der Waals surface area (Å²) in [6, 6.07) is 7.19. The van der Waals surface area contributed by atoms with Gasteiger partial charge in [-0.15, -0.1) is 11.8 Å². The first-order valence-electron chi connectivity index (χ1n) is 5.79. The fourth-order valence-corrected chi connectivity index (χ4v) is 2.56. The Morgan fingerprint density at radius 3 is 2.67 bits per heavy atom. The van der Waals surface area contributed by atoms with Crippen LogP contribution < -0.4 is 10.1 Å². The quantitative estimate of drug-likeness (QED) is 0.743. The van der Waals surface area contributed by atoms with Gasteiger partial charge in [-0.3, -0.25) is 4.79 Å². The molecule has 100 valence electrons. The predicted molar refractivity (Wildman–Crippen MR) is 73.4 cm³/mol. The minimum Gasteiger partial charge on any atom is -0.496 e. The van der Waals surface area contributed by atoms with E-state index >= 15 is 0 Å². The van der Waals surface area contributed by atoms with Gasteiger partial charge in [0.1, 0.15) is 11.8 Å². The van der Waals surface area contributed by atoms with Gasteiger partial charge in [0.15, 0.2) is 0 Å². The first-order chi connectivity index (χ1) is 8.54. The zero-order chi connectivity index (χ0) is 13.5. The van der Waals surface area contributed by atoms with Crippen molar-refractivity contribution in [1.82, 2.24) is 5.32 Å². The first kappa shape index (κ1) is 14.9. The third-order valence-electron chi connectivity index (χ3n) is 2.31. The standard InChI is InChI=1S/C13H19NO3S/c1-9(2)14-10(13(15)16)8-18-12-7-5-4-6-11(12)17-3/h4-7,9-10,14H,8H2,1-3H3,(H,15,16). The van der Waals surface area contributed by atoms with Crippen molar-refractivity contribution in [3.63, 3.8) is 0 Å². The van der Waals surface area contributed by atoms with Crippen molar-refractivity contribution in [2.45, 2.75) is 30.8 Å². The van der Waals surface area contributed by atoms with Crippen LogP contribution in [-0.4, -0.2) is 36.0 Å². The highest BCUT2D eigenvalue weighted by atomic mass is 32.2. The molecule has 0 saturated heterocycles. The van der Waals surface area contributed by atoms with Gasteiger partial charge < -0.3 is 15.2 Å². The molecule has 0 heterocycles. The lowest BCUT2D eigenvalue weighted by molar-refractivity contribution is -0.139. The molecule has 0 bridgehead atoms. The van der Waals surface area contributed by atoms with Crippen LogP contribution >= 0.6 is 11.8 Å². The number of hydrogen-bond acceptors (Lipinski definition) is 4. The summed E-state index contributed by atoms with van der Waals surface area (Å²) in [5, 5.41) is 12.1. The number of carboxylic acids is 1. The molecular weight excluding hydrogens is 250 g/mol. The molecule has 0 spiro atoms. The van der Waals surface area contributed by atoms with Crippen molar-refractivity contribution in [3.05, 3.63) is 24.3 Å². The maximum atomic E-state index is 11.1. The number of carboxylic acid groups (broad SMARTS) is 1. The molecular formula is C13H19NO3S. The summed E-state index contributed by atoms with van der Waals surface area (Å²) in [5.41, 5.74) is 0. The van der Waals surface area contributed by atoms with Crippen molar-refractivity contribution >= 4 is 17.7 Å². The van der Waals surface area contributed by atoms with Gasteiger partial charge in [-0.2, -0.15) is 0 Å². The van der Waals surface area contributed by atoms with Crippen LogP contribution in [0.2, 0.25) is 0 Å². The molecule has 0 aliphatic carbocycles. The van der Waals surface area contributed by atoms with Crippen LogP contribution in [0.1, 0.15) is 13.8 Å². The number of benzene rings is 1. The Kier molecular flexibility index (Phi) is 6.01. The molecule has 1 rings (SSSR count). The maximum absolute atomic E-state index is 11.1. The van der Waals surface area contributed by atoms with E-state index in [1.165, 1.54) is 11.8 Å². The first-order valence-corrected chi connectivity index (χ1v) is 6.77. The van der Waals surface area contributed by atoms with Gasteiger partial charge in [0.2, 0.25) is 0 Å². The van der Waals surface area contributed by atoms with Crippen LogP contribution in [0.15, 0.2) is 29.2 Å². The average Bonchev–Trinajstić information content (AvgIpc) is 2.34. The number of thioether (sulfide) groups is 1. The van der Waals surface area contributed by atoms with Gasteiger partial charge in [-0.05, 0) is 12.1 Å². The summed E-state index contributed by atoms with van der Waals surface area (Å²) in [4.78, 5) is 12.1.